The van der Waals surface area contributed by atoms with E-state index < -0.39 is 0 Å². The first kappa shape index (κ1) is 5.94. The largest absolute Gasteiger partial charge is 0.301 e. The van der Waals surface area contributed by atoms with Gasteiger partial charge < -0.3 is 4.79 Å². The molecule has 0 aliphatic carbocycles. The molecular weight excluding hydrogens is 118 g/mol. The molecule has 1 unspecified atom stereocenters. The molecule has 0 saturated carbocycles. The lowest BCUT2D eigenvalue weighted by atomic mass is 10.4. The maximum atomic E-state index is 10.1. The Bertz CT molecular complexity index is 182. The fourth-order valence-corrected chi connectivity index (χ4v) is 0.490. The predicted octanol–water partition coefficient (Wildman–Crippen LogP) is 0.0380. The standard InChI is InChI=1S/C5H7N3O/c1-5(2-9)8-4-6-3-7-8/h2-5H,1H3. The fourth-order valence-electron chi connectivity index (χ4n) is 0.490. The zero-order chi connectivity index (χ0) is 6.69. The van der Waals surface area contributed by atoms with E-state index in [0.29, 0.717) is 0 Å². The zero-order valence-corrected chi connectivity index (χ0v) is 5.06. The van der Waals surface area contributed by atoms with Gasteiger partial charge in [0.15, 0.2) is 0 Å². The van der Waals surface area contributed by atoms with Crippen molar-refractivity contribution in [3.05, 3.63) is 12.7 Å². The second-order valence-electron chi connectivity index (χ2n) is 1.75. The van der Waals surface area contributed by atoms with Gasteiger partial charge in [0.1, 0.15) is 25.0 Å². The smallest absolute Gasteiger partial charge is 0.144 e. The number of carbonyl (C=O) groups excluding carboxylic acids is 1. The highest BCUT2D eigenvalue weighted by molar-refractivity contribution is 5.54. The maximum Gasteiger partial charge on any atom is 0.144 e. The number of carbonyl (C=O) groups is 1. The summed E-state index contributed by atoms with van der Waals surface area (Å²) in [5.41, 5.74) is 0. The average molecular weight is 125 g/mol. The van der Waals surface area contributed by atoms with Crippen molar-refractivity contribution in [2.24, 2.45) is 0 Å². The van der Waals surface area contributed by atoms with Crippen LogP contribution in [-0.4, -0.2) is 21.1 Å². The first-order valence-electron chi connectivity index (χ1n) is 2.64. The predicted molar refractivity (Wildman–Crippen MR) is 30.8 cm³/mol. The van der Waals surface area contributed by atoms with E-state index in [4.69, 9.17) is 0 Å². The van der Waals surface area contributed by atoms with Crippen molar-refractivity contribution in [3.8, 4) is 0 Å². The van der Waals surface area contributed by atoms with E-state index in [1.807, 2.05) is 0 Å². The van der Waals surface area contributed by atoms with Gasteiger partial charge in [0.2, 0.25) is 0 Å². The Morgan fingerprint density at radius 1 is 1.78 bits per heavy atom. The Kier molecular flexibility index (Phi) is 1.58. The van der Waals surface area contributed by atoms with Crippen LogP contribution in [0.25, 0.3) is 0 Å². The van der Waals surface area contributed by atoms with E-state index >= 15 is 0 Å². The molecule has 0 aliphatic heterocycles. The minimum Gasteiger partial charge on any atom is -0.301 e. The minimum atomic E-state index is -0.201. The van der Waals surface area contributed by atoms with Crippen LogP contribution in [0, 0.1) is 0 Å². The van der Waals surface area contributed by atoms with E-state index in [-0.39, 0.29) is 6.04 Å². The SMILES string of the molecule is CC(C=O)n1cncn1. The van der Waals surface area contributed by atoms with Crippen LogP contribution in [0.15, 0.2) is 12.7 Å². The van der Waals surface area contributed by atoms with Crippen molar-refractivity contribution in [2.45, 2.75) is 13.0 Å². The quantitative estimate of drug-likeness (QED) is 0.524. The van der Waals surface area contributed by atoms with Crippen molar-refractivity contribution in [1.82, 2.24) is 14.8 Å². The Morgan fingerprint density at radius 2 is 2.56 bits per heavy atom. The van der Waals surface area contributed by atoms with Crippen LogP contribution in [0.2, 0.25) is 0 Å². The summed E-state index contributed by atoms with van der Waals surface area (Å²) in [5, 5.41) is 3.76. The van der Waals surface area contributed by atoms with Crippen LogP contribution >= 0.6 is 0 Å². The van der Waals surface area contributed by atoms with Crippen LogP contribution in [0.4, 0.5) is 0 Å². The molecule has 1 rings (SSSR count). The second kappa shape index (κ2) is 2.39. The third-order valence-electron chi connectivity index (χ3n) is 1.05. The molecule has 9 heavy (non-hydrogen) atoms. The monoisotopic (exact) mass is 125 g/mol. The highest BCUT2D eigenvalue weighted by Crippen LogP contribution is 1.94. The molecule has 0 bridgehead atoms. The number of aldehydes is 1. The summed E-state index contributed by atoms with van der Waals surface area (Å²) < 4.78 is 1.49. The molecule has 1 aromatic heterocycles. The van der Waals surface area contributed by atoms with Crippen molar-refractivity contribution >= 4 is 6.29 Å². The van der Waals surface area contributed by atoms with Crippen LogP contribution < -0.4 is 0 Å². The van der Waals surface area contributed by atoms with E-state index in [1.54, 1.807) is 6.92 Å². The topological polar surface area (TPSA) is 47.8 Å². The molecule has 4 heteroatoms. The lowest BCUT2D eigenvalue weighted by Crippen LogP contribution is -2.05. The summed E-state index contributed by atoms with van der Waals surface area (Å²) in [4.78, 5) is 13.8. The minimum absolute atomic E-state index is 0.201. The molecule has 0 saturated heterocycles. The maximum absolute atomic E-state index is 10.1. The molecule has 4 nitrogen and oxygen atoms in total. The molecular formula is C5H7N3O. The van der Waals surface area contributed by atoms with Crippen LogP contribution in [0.1, 0.15) is 13.0 Å². The average Bonchev–Trinajstić information content (AvgIpc) is 2.37. The highest BCUT2D eigenvalue weighted by Gasteiger charge is 1.99. The lowest BCUT2D eigenvalue weighted by Gasteiger charge is -1.99. The first-order valence-corrected chi connectivity index (χ1v) is 2.64. The van der Waals surface area contributed by atoms with Gasteiger partial charge in [-0.05, 0) is 6.92 Å². The van der Waals surface area contributed by atoms with Crippen molar-refractivity contribution in [3.63, 3.8) is 0 Å². The van der Waals surface area contributed by atoms with Crippen LogP contribution in [0.5, 0.6) is 0 Å². The molecule has 0 amide bonds. The fraction of sp³-hybridized carbons (Fsp3) is 0.400. The summed E-state index contributed by atoms with van der Waals surface area (Å²) in [5.74, 6) is 0. The molecule has 0 aromatic carbocycles. The van der Waals surface area contributed by atoms with Gasteiger partial charge in [-0.2, -0.15) is 5.10 Å². The van der Waals surface area contributed by atoms with Gasteiger partial charge in [0.05, 0.1) is 0 Å². The Morgan fingerprint density at radius 3 is 3.00 bits per heavy atom. The molecule has 1 atom stereocenters. The molecule has 48 valence electrons. The van der Waals surface area contributed by atoms with Gasteiger partial charge in [-0.15, -0.1) is 0 Å². The second-order valence-corrected chi connectivity index (χ2v) is 1.75. The molecule has 0 fully saturated rings. The summed E-state index contributed by atoms with van der Waals surface area (Å²) in [6.07, 6.45) is 3.73. The van der Waals surface area contributed by atoms with Gasteiger partial charge in [-0.25, -0.2) is 9.67 Å². The third kappa shape index (κ3) is 1.13. The van der Waals surface area contributed by atoms with Crippen molar-refractivity contribution in [2.75, 3.05) is 0 Å². The van der Waals surface area contributed by atoms with Gasteiger partial charge in [0.25, 0.3) is 0 Å². The number of rotatable bonds is 2. The van der Waals surface area contributed by atoms with Crippen LogP contribution in [-0.2, 0) is 4.79 Å². The number of hydrogen-bond donors (Lipinski definition) is 0. The molecule has 1 heterocycles. The van der Waals surface area contributed by atoms with Gasteiger partial charge >= 0.3 is 0 Å². The van der Waals surface area contributed by atoms with E-state index in [0.717, 1.165) is 6.29 Å². The van der Waals surface area contributed by atoms with E-state index in [9.17, 15) is 4.79 Å². The molecule has 0 radical (unpaired) electrons. The molecule has 1 aromatic rings. The Balaban J connectivity index is 2.76. The number of nitrogens with zero attached hydrogens (tertiary/aromatic N) is 3. The van der Waals surface area contributed by atoms with Crippen molar-refractivity contribution < 1.29 is 4.79 Å². The van der Waals surface area contributed by atoms with Gasteiger partial charge in [-0.1, -0.05) is 0 Å². The number of hydrogen-bond acceptors (Lipinski definition) is 3. The van der Waals surface area contributed by atoms with E-state index in [1.165, 1.54) is 17.3 Å². The Hall–Kier alpha value is -1.19. The van der Waals surface area contributed by atoms with E-state index in [2.05, 4.69) is 10.1 Å². The summed E-state index contributed by atoms with van der Waals surface area (Å²) in [6.45, 7) is 1.75. The number of aromatic nitrogens is 3. The van der Waals surface area contributed by atoms with Crippen molar-refractivity contribution in [1.29, 1.82) is 0 Å². The molecule has 0 N–H and O–H groups in total. The summed E-state index contributed by atoms with van der Waals surface area (Å²) in [7, 11) is 0. The summed E-state index contributed by atoms with van der Waals surface area (Å²) in [6, 6.07) is -0.201. The molecule has 0 spiro atoms. The van der Waals surface area contributed by atoms with Crippen LogP contribution in [0.3, 0.4) is 0 Å². The third-order valence-corrected chi connectivity index (χ3v) is 1.05. The molecule has 0 aliphatic rings. The van der Waals surface area contributed by atoms with Gasteiger partial charge in [-0.3, -0.25) is 0 Å². The Labute approximate surface area is 52.5 Å². The first-order chi connectivity index (χ1) is 4.34. The zero-order valence-electron chi connectivity index (χ0n) is 5.06. The normalized spacial score (nSPS) is 13.0. The van der Waals surface area contributed by atoms with Gasteiger partial charge in [0, 0.05) is 0 Å². The highest BCUT2D eigenvalue weighted by atomic mass is 16.1. The lowest BCUT2D eigenvalue weighted by molar-refractivity contribution is -0.110. The summed E-state index contributed by atoms with van der Waals surface area (Å²) >= 11 is 0.